The van der Waals surface area contributed by atoms with Crippen molar-refractivity contribution in [2.75, 3.05) is 5.73 Å². The van der Waals surface area contributed by atoms with Crippen molar-refractivity contribution in [1.29, 1.82) is 0 Å². The van der Waals surface area contributed by atoms with Gasteiger partial charge in [-0.15, -0.1) is 0 Å². The van der Waals surface area contributed by atoms with Gasteiger partial charge < -0.3 is 5.73 Å². The van der Waals surface area contributed by atoms with Crippen LogP contribution in [0.1, 0.15) is 16.7 Å². The summed E-state index contributed by atoms with van der Waals surface area (Å²) in [6.45, 7) is 6.10. The Labute approximate surface area is 103 Å². The average molecular weight is 280 g/mol. The van der Waals surface area contributed by atoms with Crippen molar-refractivity contribution in [3.8, 4) is 5.69 Å². The number of hydrogen-bond acceptors (Lipinski definition) is 2. The number of halogens is 1. The molecule has 2 rings (SSSR count). The third-order valence-electron chi connectivity index (χ3n) is 2.56. The first kappa shape index (κ1) is 11.2. The minimum absolute atomic E-state index is 0.576. The predicted octanol–water partition coefficient (Wildman–Crippen LogP) is 3.14. The summed E-state index contributed by atoms with van der Waals surface area (Å²) >= 11 is 3.57. The number of rotatable bonds is 1. The SMILES string of the molecule is Cc1cc(C)c(-n2cc(C)c(N)n2)c(Br)c1. The molecule has 1 heterocycles. The maximum absolute atomic E-state index is 5.76. The lowest BCUT2D eigenvalue weighted by molar-refractivity contribution is 0.872. The molecular formula is C12H14BrN3. The fraction of sp³-hybridized carbons (Fsp3) is 0.250. The van der Waals surface area contributed by atoms with Gasteiger partial charge in [0.05, 0.1) is 5.69 Å². The molecule has 4 heteroatoms. The average Bonchev–Trinajstić information content (AvgIpc) is 2.44. The molecule has 0 unspecified atom stereocenters. The van der Waals surface area contributed by atoms with Crippen LogP contribution < -0.4 is 5.73 Å². The smallest absolute Gasteiger partial charge is 0.148 e. The van der Waals surface area contributed by atoms with Crippen molar-refractivity contribution >= 4 is 21.7 Å². The van der Waals surface area contributed by atoms with E-state index in [0.717, 1.165) is 15.7 Å². The molecule has 0 atom stereocenters. The maximum Gasteiger partial charge on any atom is 0.148 e. The number of aryl methyl sites for hydroxylation is 3. The van der Waals surface area contributed by atoms with E-state index in [2.05, 4.69) is 47.0 Å². The van der Waals surface area contributed by atoms with Crippen molar-refractivity contribution < 1.29 is 0 Å². The summed E-state index contributed by atoms with van der Waals surface area (Å²) < 4.78 is 2.86. The summed E-state index contributed by atoms with van der Waals surface area (Å²) in [5, 5.41) is 4.30. The standard InChI is InChI=1S/C12H14BrN3/c1-7-4-8(2)11(10(13)5-7)16-6-9(3)12(14)15-16/h4-6H,1-3H3,(H2,14,15). The molecule has 0 aliphatic carbocycles. The highest BCUT2D eigenvalue weighted by Crippen LogP contribution is 2.26. The van der Waals surface area contributed by atoms with Crippen molar-refractivity contribution in [2.24, 2.45) is 0 Å². The zero-order chi connectivity index (χ0) is 11.9. The molecular weight excluding hydrogens is 266 g/mol. The van der Waals surface area contributed by atoms with Crippen molar-refractivity contribution in [2.45, 2.75) is 20.8 Å². The number of nitrogens with two attached hydrogens (primary N) is 1. The predicted molar refractivity (Wildman–Crippen MR) is 69.9 cm³/mol. The summed E-state index contributed by atoms with van der Waals surface area (Å²) in [4.78, 5) is 0. The summed E-state index contributed by atoms with van der Waals surface area (Å²) in [6, 6.07) is 4.21. The molecule has 2 N–H and O–H groups in total. The highest BCUT2D eigenvalue weighted by Gasteiger charge is 2.10. The first-order valence-electron chi connectivity index (χ1n) is 5.08. The first-order chi connectivity index (χ1) is 7.49. The van der Waals surface area contributed by atoms with E-state index in [1.165, 1.54) is 11.1 Å². The van der Waals surface area contributed by atoms with Crippen LogP contribution in [0.4, 0.5) is 5.82 Å². The Morgan fingerprint density at radius 1 is 1.19 bits per heavy atom. The summed E-state index contributed by atoms with van der Waals surface area (Å²) in [5.74, 6) is 0.576. The van der Waals surface area contributed by atoms with E-state index in [-0.39, 0.29) is 0 Å². The summed E-state index contributed by atoms with van der Waals surface area (Å²) in [7, 11) is 0. The zero-order valence-corrected chi connectivity index (χ0v) is 11.2. The van der Waals surface area contributed by atoms with Crippen LogP contribution in [-0.4, -0.2) is 9.78 Å². The minimum atomic E-state index is 0.576. The Morgan fingerprint density at radius 3 is 2.38 bits per heavy atom. The van der Waals surface area contributed by atoms with E-state index in [1.54, 1.807) is 0 Å². The molecule has 0 aliphatic heterocycles. The van der Waals surface area contributed by atoms with Crippen LogP contribution >= 0.6 is 15.9 Å². The van der Waals surface area contributed by atoms with E-state index in [0.29, 0.717) is 5.82 Å². The molecule has 1 aromatic heterocycles. The van der Waals surface area contributed by atoms with Crippen LogP contribution in [-0.2, 0) is 0 Å². The number of nitrogen functional groups attached to an aromatic ring is 1. The molecule has 0 saturated carbocycles. The molecule has 2 aromatic rings. The minimum Gasteiger partial charge on any atom is -0.382 e. The van der Waals surface area contributed by atoms with Crippen molar-refractivity contribution in [3.05, 3.63) is 39.5 Å². The summed E-state index contributed by atoms with van der Waals surface area (Å²) in [5.41, 5.74) is 10.2. The normalized spacial score (nSPS) is 10.8. The van der Waals surface area contributed by atoms with Gasteiger partial charge in [-0.05, 0) is 53.9 Å². The molecule has 3 nitrogen and oxygen atoms in total. The lowest BCUT2D eigenvalue weighted by Crippen LogP contribution is -2.00. The molecule has 0 amide bonds. The maximum atomic E-state index is 5.76. The first-order valence-corrected chi connectivity index (χ1v) is 5.87. The van der Waals surface area contributed by atoms with Gasteiger partial charge in [0.2, 0.25) is 0 Å². The summed E-state index contributed by atoms with van der Waals surface area (Å²) in [6.07, 6.45) is 1.94. The van der Waals surface area contributed by atoms with E-state index < -0.39 is 0 Å². The van der Waals surface area contributed by atoms with Gasteiger partial charge in [-0.3, -0.25) is 0 Å². The molecule has 1 aromatic carbocycles. The number of anilines is 1. The largest absolute Gasteiger partial charge is 0.382 e. The third kappa shape index (κ3) is 1.85. The van der Waals surface area contributed by atoms with Gasteiger partial charge in [-0.1, -0.05) is 6.07 Å². The monoisotopic (exact) mass is 279 g/mol. The number of benzene rings is 1. The Hall–Kier alpha value is -1.29. The van der Waals surface area contributed by atoms with Gasteiger partial charge in [-0.2, -0.15) is 5.10 Å². The fourth-order valence-electron chi connectivity index (χ4n) is 1.79. The quantitative estimate of drug-likeness (QED) is 0.872. The van der Waals surface area contributed by atoms with Crippen LogP contribution in [0, 0.1) is 20.8 Å². The lowest BCUT2D eigenvalue weighted by atomic mass is 10.1. The van der Waals surface area contributed by atoms with Crippen LogP contribution in [0.2, 0.25) is 0 Å². The van der Waals surface area contributed by atoms with Crippen LogP contribution in [0.15, 0.2) is 22.8 Å². The zero-order valence-electron chi connectivity index (χ0n) is 9.58. The highest BCUT2D eigenvalue weighted by atomic mass is 79.9. The third-order valence-corrected chi connectivity index (χ3v) is 3.17. The van der Waals surface area contributed by atoms with Gasteiger partial charge in [0, 0.05) is 16.2 Å². The van der Waals surface area contributed by atoms with E-state index in [9.17, 15) is 0 Å². The highest BCUT2D eigenvalue weighted by molar-refractivity contribution is 9.10. The molecule has 0 saturated heterocycles. The Morgan fingerprint density at radius 2 is 1.88 bits per heavy atom. The van der Waals surface area contributed by atoms with Crippen LogP contribution in [0.25, 0.3) is 5.69 Å². The van der Waals surface area contributed by atoms with Crippen molar-refractivity contribution in [1.82, 2.24) is 9.78 Å². The van der Waals surface area contributed by atoms with Crippen LogP contribution in [0.5, 0.6) is 0 Å². The van der Waals surface area contributed by atoms with Crippen molar-refractivity contribution in [3.63, 3.8) is 0 Å². The van der Waals surface area contributed by atoms with Gasteiger partial charge in [0.1, 0.15) is 5.82 Å². The van der Waals surface area contributed by atoms with E-state index >= 15 is 0 Å². The number of hydrogen-bond donors (Lipinski definition) is 1. The molecule has 0 bridgehead atoms. The molecule has 84 valence electrons. The van der Waals surface area contributed by atoms with E-state index in [4.69, 9.17) is 5.73 Å². The second-order valence-electron chi connectivity index (χ2n) is 4.05. The van der Waals surface area contributed by atoms with Gasteiger partial charge in [-0.25, -0.2) is 4.68 Å². The second kappa shape index (κ2) is 3.94. The molecule has 0 aliphatic rings. The van der Waals surface area contributed by atoms with Gasteiger partial charge in [0.25, 0.3) is 0 Å². The number of nitrogens with zero attached hydrogens (tertiary/aromatic N) is 2. The van der Waals surface area contributed by atoms with Gasteiger partial charge >= 0.3 is 0 Å². The Bertz CT molecular complexity index is 501. The van der Waals surface area contributed by atoms with Gasteiger partial charge in [0.15, 0.2) is 0 Å². The Balaban J connectivity index is 2.64. The Kier molecular flexibility index (Phi) is 2.76. The molecule has 16 heavy (non-hydrogen) atoms. The fourth-order valence-corrected chi connectivity index (χ4v) is 2.64. The molecule has 0 radical (unpaired) electrons. The van der Waals surface area contributed by atoms with Crippen LogP contribution in [0.3, 0.4) is 0 Å². The lowest BCUT2D eigenvalue weighted by Gasteiger charge is -2.09. The second-order valence-corrected chi connectivity index (χ2v) is 4.91. The topological polar surface area (TPSA) is 43.8 Å². The molecule has 0 spiro atoms. The molecule has 0 fully saturated rings. The number of aromatic nitrogens is 2. The van der Waals surface area contributed by atoms with E-state index in [1.807, 2.05) is 17.8 Å².